The summed E-state index contributed by atoms with van der Waals surface area (Å²) in [5.41, 5.74) is 15.4. The van der Waals surface area contributed by atoms with Gasteiger partial charge in [-0.1, -0.05) is 218 Å². The standard InChI is InChI=1S/C64H43N/c1-3-18-48(19-4-1)63-61-29-12-11-28-59(61)60-41-36-50(43-62(60)64(63)49-20-5-2-6-21-49)44-32-37-52(38-33-44)65(53-39-34-47(35-40-53)57-30-14-22-45-16-7-9-26-55(45)57)54-25-13-24-51(42-54)58-31-15-23-46-17-8-10-27-56(46)58/h1-43H. The van der Waals surface area contributed by atoms with Crippen LogP contribution in [0.3, 0.4) is 0 Å². The summed E-state index contributed by atoms with van der Waals surface area (Å²) >= 11 is 0. The summed E-state index contributed by atoms with van der Waals surface area (Å²) in [7, 11) is 0. The lowest BCUT2D eigenvalue weighted by Crippen LogP contribution is -2.10. The van der Waals surface area contributed by atoms with Gasteiger partial charge in [0.1, 0.15) is 0 Å². The summed E-state index contributed by atoms with van der Waals surface area (Å²) in [5, 5.41) is 10.0. The van der Waals surface area contributed by atoms with E-state index >= 15 is 0 Å². The van der Waals surface area contributed by atoms with Crippen molar-refractivity contribution in [1.82, 2.24) is 0 Å². The van der Waals surface area contributed by atoms with Gasteiger partial charge < -0.3 is 4.90 Å². The highest BCUT2D eigenvalue weighted by molar-refractivity contribution is 6.22. The predicted molar refractivity (Wildman–Crippen MR) is 278 cm³/mol. The van der Waals surface area contributed by atoms with Gasteiger partial charge in [-0.3, -0.25) is 0 Å². The molecule has 304 valence electrons. The molecule has 0 fully saturated rings. The lowest BCUT2D eigenvalue weighted by molar-refractivity contribution is 1.28. The molecule has 0 N–H and O–H groups in total. The van der Waals surface area contributed by atoms with Crippen LogP contribution in [0.4, 0.5) is 17.1 Å². The third-order valence-electron chi connectivity index (χ3n) is 13.0. The molecule has 1 nitrogen and oxygen atoms in total. The van der Waals surface area contributed by atoms with Crippen molar-refractivity contribution < 1.29 is 0 Å². The van der Waals surface area contributed by atoms with Crippen molar-refractivity contribution >= 4 is 60.2 Å². The van der Waals surface area contributed by atoms with E-state index in [1.54, 1.807) is 0 Å². The molecule has 0 aliphatic heterocycles. The zero-order valence-electron chi connectivity index (χ0n) is 35.8. The Labute approximate surface area is 379 Å². The molecule has 0 aromatic heterocycles. The van der Waals surface area contributed by atoms with Crippen LogP contribution in [0.2, 0.25) is 0 Å². The molecule has 0 bridgehead atoms. The van der Waals surface area contributed by atoms with E-state index in [4.69, 9.17) is 0 Å². The van der Waals surface area contributed by atoms with Crippen molar-refractivity contribution in [3.63, 3.8) is 0 Å². The van der Waals surface area contributed by atoms with E-state index < -0.39 is 0 Å². The summed E-state index contributed by atoms with van der Waals surface area (Å²) in [6.45, 7) is 0. The molecule has 0 saturated carbocycles. The maximum Gasteiger partial charge on any atom is 0.0467 e. The highest BCUT2D eigenvalue weighted by Crippen LogP contribution is 2.46. The van der Waals surface area contributed by atoms with Crippen LogP contribution in [0.5, 0.6) is 0 Å². The van der Waals surface area contributed by atoms with Crippen molar-refractivity contribution in [2.24, 2.45) is 0 Å². The molecule has 0 atom stereocenters. The van der Waals surface area contributed by atoms with E-state index in [-0.39, 0.29) is 0 Å². The SMILES string of the molecule is c1ccc(-c2c(-c3ccccc3)c3cc(-c4ccc(N(c5ccc(-c6cccc7ccccc67)cc5)c5cccc(-c6cccc7ccccc67)c5)cc4)ccc3c3ccccc23)cc1. The third-order valence-corrected chi connectivity index (χ3v) is 13.0. The van der Waals surface area contributed by atoms with Crippen LogP contribution >= 0.6 is 0 Å². The quantitative estimate of drug-likeness (QED) is 0.138. The zero-order chi connectivity index (χ0) is 43.1. The number of hydrogen-bond acceptors (Lipinski definition) is 1. The van der Waals surface area contributed by atoms with E-state index in [1.807, 2.05) is 0 Å². The Kier molecular flexibility index (Phi) is 9.58. The van der Waals surface area contributed by atoms with Crippen molar-refractivity contribution in [2.75, 3.05) is 4.90 Å². The predicted octanol–water partition coefficient (Wildman–Crippen LogP) is 18.1. The molecule has 0 amide bonds. The fourth-order valence-corrected chi connectivity index (χ4v) is 9.99. The first-order chi connectivity index (χ1) is 32.2. The average molecular weight is 826 g/mol. The van der Waals surface area contributed by atoms with Gasteiger partial charge >= 0.3 is 0 Å². The first kappa shape index (κ1) is 38.2. The van der Waals surface area contributed by atoms with Gasteiger partial charge in [0.25, 0.3) is 0 Å². The van der Waals surface area contributed by atoms with Gasteiger partial charge in [0, 0.05) is 17.1 Å². The van der Waals surface area contributed by atoms with E-state index in [0.717, 1.165) is 17.1 Å². The number of hydrogen-bond donors (Lipinski definition) is 0. The Hall–Kier alpha value is -8.52. The van der Waals surface area contributed by atoms with Crippen LogP contribution in [0, 0.1) is 0 Å². The van der Waals surface area contributed by atoms with Gasteiger partial charge in [0.05, 0.1) is 0 Å². The number of nitrogens with zero attached hydrogens (tertiary/aromatic N) is 1. The molecule has 0 aliphatic carbocycles. The van der Waals surface area contributed by atoms with Crippen LogP contribution in [-0.2, 0) is 0 Å². The molecule has 12 aromatic rings. The topological polar surface area (TPSA) is 3.24 Å². The Morgan fingerprint density at radius 1 is 0.200 bits per heavy atom. The van der Waals surface area contributed by atoms with Crippen molar-refractivity contribution in [3.05, 3.63) is 261 Å². The largest absolute Gasteiger partial charge is 0.310 e. The lowest BCUT2D eigenvalue weighted by Gasteiger charge is -2.26. The van der Waals surface area contributed by atoms with Gasteiger partial charge in [-0.05, 0) is 141 Å². The number of benzene rings is 12. The van der Waals surface area contributed by atoms with Crippen molar-refractivity contribution in [1.29, 1.82) is 0 Å². The number of anilines is 3. The van der Waals surface area contributed by atoms with E-state index in [2.05, 4.69) is 266 Å². The molecule has 0 aliphatic rings. The normalized spacial score (nSPS) is 11.4. The van der Waals surface area contributed by atoms with Gasteiger partial charge in [-0.15, -0.1) is 0 Å². The second kappa shape index (κ2) is 16.3. The number of fused-ring (bicyclic) bond motifs is 5. The second-order valence-corrected chi connectivity index (χ2v) is 16.8. The zero-order valence-corrected chi connectivity index (χ0v) is 35.8. The Morgan fingerprint density at radius 3 is 1.25 bits per heavy atom. The Bertz CT molecular complexity index is 3670. The molecule has 0 spiro atoms. The fraction of sp³-hybridized carbons (Fsp3) is 0. The monoisotopic (exact) mass is 825 g/mol. The minimum absolute atomic E-state index is 1.09. The molecular formula is C64H43N. The van der Waals surface area contributed by atoms with Crippen LogP contribution < -0.4 is 4.90 Å². The smallest absolute Gasteiger partial charge is 0.0467 e. The average Bonchev–Trinajstić information content (AvgIpc) is 3.39. The minimum atomic E-state index is 1.09. The minimum Gasteiger partial charge on any atom is -0.310 e. The first-order valence-corrected chi connectivity index (χ1v) is 22.4. The lowest BCUT2D eigenvalue weighted by atomic mass is 9.84. The molecular weight excluding hydrogens is 783 g/mol. The van der Waals surface area contributed by atoms with Crippen molar-refractivity contribution in [3.8, 4) is 55.6 Å². The molecule has 1 heteroatoms. The Morgan fingerprint density at radius 2 is 0.631 bits per heavy atom. The summed E-state index contributed by atoms with van der Waals surface area (Å²) in [5.74, 6) is 0. The van der Waals surface area contributed by atoms with Gasteiger partial charge in [0.15, 0.2) is 0 Å². The highest BCUT2D eigenvalue weighted by atomic mass is 15.1. The van der Waals surface area contributed by atoms with Crippen LogP contribution in [0.15, 0.2) is 261 Å². The highest BCUT2D eigenvalue weighted by Gasteiger charge is 2.19. The summed E-state index contributed by atoms with van der Waals surface area (Å²) in [6, 6.07) is 95.2. The molecule has 0 radical (unpaired) electrons. The van der Waals surface area contributed by atoms with Crippen molar-refractivity contribution in [2.45, 2.75) is 0 Å². The molecule has 12 rings (SSSR count). The Balaban J connectivity index is 0.995. The van der Waals surface area contributed by atoms with Gasteiger partial charge in [-0.25, -0.2) is 0 Å². The fourth-order valence-electron chi connectivity index (χ4n) is 9.99. The second-order valence-electron chi connectivity index (χ2n) is 16.8. The van der Waals surface area contributed by atoms with E-state index in [1.165, 1.54) is 98.7 Å². The van der Waals surface area contributed by atoms with Crippen LogP contribution in [0.1, 0.15) is 0 Å². The van der Waals surface area contributed by atoms with Gasteiger partial charge in [-0.2, -0.15) is 0 Å². The van der Waals surface area contributed by atoms with Crippen LogP contribution in [-0.4, -0.2) is 0 Å². The third kappa shape index (κ3) is 6.92. The number of rotatable bonds is 8. The summed E-state index contributed by atoms with van der Waals surface area (Å²) in [4.78, 5) is 2.39. The van der Waals surface area contributed by atoms with Crippen LogP contribution in [0.25, 0.3) is 98.7 Å². The van der Waals surface area contributed by atoms with E-state index in [0.29, 0.717) is 0 Å². The van der Waals surface area contributed by atoms with E-state index in [9.17, 15) is 0 Å². The van der Waals surface area contributed by atoms with Gasteiger partial charge in [0.2, 0.25) is 0 Å². The summed E-state index contributed by atoms with van der Waals surface area (Å²) < 4.78 is 0. The first-order valence-electron chi connectivity index (χ1n) is 22.4. The molecule has 65 heavy (non-hydrogen) atoms. The molecule has 0 heterocycles. The molecule has 12 aromatic carbocycles. The maximum atomic E-state index is 2.41. The summed E-state index contributed by atoms with van der Waals surface area (Å²) in [6.07, 6.45) is 0. The maximum absolute atomic E-state index is 2.41. The molecule has 0 unspecified atom stereocenters. The molecule has 0 saturated heterocycles.